The minimum atomic E-state index is -0.859. The third-order valence-corrected chi connectivity index (χ3v) is 11.3. The van der Waals surface area contributed by atoms with Crippen LogP contribution in [0.2, 0.25) is 0 Å². The van der Waals surface area contributed by atoms with E-state index in [1.807, 2.05) is 146 Å². The van der Waals surface area contributed by atoms with Crippen LogP contribution in [-0.2, 0) is 52.5 Å². The number of carbonyl (C=O) groups excluding carboxylic acids is 5. The van der Waals surface area contributed by atoms with E-state index in [4.69, 9.17) is 29.2 Å². The molecule has 9 N–H and O–H groups in total. The van der Waals surface area contributed by atoms with Gasteiger partial charge < -0.3 is 66.4 Å². The van der Waals surface area contributed by atoms with Crippen molar-refractivity contribution in [3.8, 4) is 0 Å². The standard InChI is InChI=1S/C12H22O3.C11H21NO3.C9H19NO.C9H18O3.C8H20N2O2.C8H17NO.C6H16N2.CH4/c1-8(2)7-10(12(14)15)5-6-11(13)9(3)4;1-7(2)11(15)9(12-8(3)4)5-6-10(13)14;1-6(2)9(11)8(5)10-7(3)4;1-3-4-5-11-6-7-12-8-9(2)10;1-9-3-5-11-7-8-12-6-4-10-2;1-6(2)8(10)5-9-7(3)4;1-7-5-3-4-6-8-2;/h8-10H,5-7H2,1-4H3,(H,14,15);7-9,12H,5-6H2,1-4H3,(H,13,14);6-8,10H,1-5H3;3-8H2,1-2H3;9-10H,3-8H2,1-2H3;6-7,9H,5H2,1-4H3;7-8H,3-6H2,1-2H3;1H4/t10-;9-;8-;;;;;/m100...../s1. The van der Waals surface area contributed by atoms with Gasteiger partial charge in [-0.15, -0.1) is 0 Å². The Morgan fingerprint density at radius 3 is 1.23 bits per heavy atom. The van der Waals surface area contributed by atoms with Crippen molar-refractivity contribution in [3.63, 3.8) is 0 Å². The summed E-state index contributed by atoms with van der Waals surface area (Å²) >= 11 is 0. The fourth-order valence-electron chi connectivity index (χ4n) is 6.44. The predicted octanol–water partition coefficient (Wildman–Crippen LogP) is 8.70. The molecule has 0 heterocycles. The first-order chi connectivity index (χ1) is 38.8. The molecule has 0 aromatic heterocycles. The highest BCUT2D eigenvalue weighted by atomic mass is 16.5. The highest BCUT2D eigenvalue weighted by molar-refractivity contribution is 5.86. The van der Waals surface area contributed by atoms with E-state index in [-0.39, 0.29) is 91.3 Å². The second-order valence-corrected chi connectivity index (χ2v) is 23.0. The molecule has 0 saturated heterocycles. The smallest absolute Gasteiger partial charge is 0.306 e. The van der Waals surface area contributed by atoms with Crippen LogP contribution in [0.25, 0.3) is 0 Å². The lowest BCUT2D eigenvalue weighted by Gasteiger charge is -2.21. The van der Waals surface area contributed by atoms with E-state index in [0.29, 0.717) is 82.4 Å². The van der Waals surface area contributed by atoms with Gasteiger partial charge in [0.25, 0.3) is 0 Å². The Bertz CT molecular complexity index is 1480. The van der Waals surface area contributed by atoms with Gasteiger partial charge in [-0.05, 0) is 99.6 Å². The Kier molecular flexibility index (Phi) is 81.7. The van der Waals surface area contributed by atoms with Crippen molar-refractivity contribution in [2.45, 2.75) is 227 Å². The van der Waals surface area contributed by atoms with E-state index in [1.54, 1.807) is 0 Å². The van der Waals surface area contributed by atoms with Gasteiger partial charge in [0, 0.05) is 74.3 Å². The number of unbranched alkanes of at least 4 members (excludes halogenated alkanes) is 2. The fourth-order valence-corrected chi connectivity index (χ4v) is 6.44. The summed E-state index contributed by atoms with van der Waals surface area (Å²) < 4.78 is 20.7. The summed E-state index contributed by atoms with van der Waals surface area (Å²) in [4.78, 5) is 77.2. The molecule has 0 radical (unpaired) electrons. The van der Waals surface area contributed by atoms with E-state index >= 15 is 0 Å². The fraction of sp³-hybridized carbons (Fsp3) is 0.891. The lowest BCUT2D eigenvalue weighted by Crippen LogP contribution is -2.43. The van der Waals surface area contributed by atoms with Gasteiger partial charge in [0.05, 0.1) is 64.2 Å². The van der Waals surface area contributed by atoms with Crippen molar-refractivity contribution in [2.24, 2.45) is 35.5 Å². The van der Waals surface area contributed by atoms with Gasteiger partial charge in [-0.3, -0.25) is 33.6 Å². The average Bonchev–Trinajstić information content (AvgIpc) is 3.39. The minimum Gasteiger partial charge on any atom is -0.481 e. The second kappa shape index (κ2) is 70.6. The van der Waals surface area contributed by atoms with Gasteiger partial charge in [-0.2, -0.15) is 0 Å². The van der Waals surface area contributed by atoms with E-state index in [0.717, 1.165) is 58.8 Å². The molecule has 3 atom stereocenters. The van der Waals surface area contributed by atoms with Crippen LogP contribution in [0.4, 0.5) is 0 Å². The van der Waals surface area contributed by atoms with Gasteiger partial charge in [-0.25, -0.2) is 0 Å². The Morgan fingerprint density at radius 1 is 0.464 bits per heavy atom. The van der Waals surface area contributed by atoms with Gasteiger partial charge in [0.1, 0.15) is 18.2 Å². The van der Waals surface area contributed by atoms with Crippen molar-refractivity contribution < 1.29 is 62.7 Å². The van der Waals surface area contributed by atoms with Crippen molar-refractivity contribution in [3.05, 3.63) is 0 Å². The van der Waals surface area contributed by atoms with Crippen molar-refractivity contribution in [2.75, 3.05) is 114 Å². The molecule has 0 aliphatic rings. The maximum Gasteiger partial charge on any atom is 0.306 e. The molecule has 0 aromatic rings. The van der Waals surface area contributed by atoms with E-state index in [9.17, 15) is 33.6 Å². The largest absolute Gasteiger partial charge is 0.481 e. The topological polar surface area (TPSA) is 281 Å². The number of rotatable bonds is 44. The first kappa shape index (κ1) is 97.1. The number of aliphatic carboxylic acids is 2. The average molecular weight is 1210 g/mol. The number of Topliss-reactive ketones (excluding diaryl/α,β-unsaturated/α-hetero) is 5. The molecule has 0 aliphatic carbocycles. The summed E-state index contributed by atoms with van der Waals surface area (Å²) in [5, 5.41) is 39.1. The Hall–Kier alpha value is -3.15. The van der Waals surface area contributed by atoms with Crippen LogP contribution < -0.4 is 37.2 Å². The minimum absolute atomic E-state index is 0. The number of carboxylic acid groups (broad SMARTS) is 2. The van der Waals surface area contributed by atoms with Crippen LogP contribution in [-0.4, -0.2) is 195 Å². The Labute approximate surface area is 515 Å². The molecule has 0 fully saturated rings. The van der Waals surface area contributed by atoms with Gasteiger partial charge >= 0.3 is 11.9 Å². The van der Waals surface area contributed by atoms with Crippen LogP contribution in [0.3, 0.4) is 0 Å². The predicted molar refractivity (Wildman–Crippen MR) is 350 cm³/mol. The summed E-state index contributed by atoms with van der Waals surface area (Å²) in [5.74, 6) is -0.516. The summed E-state index contributed by atoms with van der Waals surface area (Å²) in [7, 11) is 7.79. The lowest BCUT2D eigenvalue weighted by molar-refractivity contribution is -0.143. The number of hydrogen-bond acceptors (Lipinski definition) is 18. The number of carbonyl (C=O) groups is 7. The first-order valence-corrected chi connectivity index (χ1v) is 31.0. The van der Waals surface area contributed by atoms with E-state index < -0.39 is 11.9 Å². The second-order valence-electron chi connectivity index (χ2n) is 23.0. The van der Waals surface area contributed by atoms with E-state index in [1.165, 1.54) is 19.8 Å². The highest BCUT2D eigenvalue weighted by Gasteiger charge is 2.23. The van der Waals surface area contributed by atoms with Crippen LogP contribution in [0.1, 0.15) is 197 Å². The number of ether oxygens (including phenoxy) is 4. The molecule has 0 spiro atoms. The SMILES string of the molecule is C.CC(C)C[C@@H](CCC(=O)C(C)C)C(=O)O.CC(C)NCC(=O)C(C)C.CC(C)N[C@@H](C)C(=O)C(C)C.CC(C)N[C@@H](CCC(=O)O)C(=O)C(C)C.CCCCOCCOCC(C)=O.CNCCCCNC.CNCCOCCOCCNC. The van der Waals surface area contributed by atoms with Crippen LogP contribution in [0.15, 0.2) is 0 Å². The number of hydrogen-bond donors (Lipinski definition) is 9. The quantitative estimate of drug-likeness (QED) is 0.0258. The zero-order chi connectivity index (χ0) is 65.7. The number of nitrogens with one attached hydrogen (secondary N) is 7. The van der Waals surface area contributed by atoms with Gasteiger partial charge in [0.15, 0.2) is 17.3 Å². The molecule has 20 heteroatoms. The molecule has 0 aliphatic heterocycles. The molecule has 0 bridgehead atoms. The molecular weight excluding hydrogens is 1070 g/mol. The van der Waals surface area contributed by atoms with Gasteiger partial charge in [0.2, 0.25) is 0 Å². The lowest BCUT2D eigenvalue weighted by atomic mass is 9.90. The monoisotopic (exact) mass is 1210 g/mol. The molecule has 0 aromatic carbocycles. The third kappa shape index (κ3) is 85.3. The van der Waals surface area contributed by atoms with Crippen molar-refractivity contribution >= 4 is 40.9 Å². The summed E-state index contributed by atoms with van der Waals surface area (Å²) in [5.41, 5.74) is 0. The molecular formula is C64H137N7O13. The Balaban J connectivity index is -0.000000135. The molecule has 0 amide bonds. The maximum absolute atomic E-state index is 11.7. The van der Waals surface area contributed by atoms with Crippen LogP contribution in [0, 0.1) is 35.5 Å². The number of carboxylic acids is 2. The molecule has 0 rings (SSSR count). The third-order valence-electron chi connectivity index (χ3n) is 11.3. The van der Waals surface area contributed by atoms with Crippen LogP contribution >= 0.6 is 0 Å². The number of likely N-dealkylation sites (N-methyl/N-ethyl adjacent to an activating group) is 2. The summed E-state index contributed by atoms with van der Waals surface area (Å²) in [6.45, 7) is 46.2. The molecule has 84 heavy (non-hydrogen) atoms. The Morgan fingerprint density at radius 2 is 0.893 bits per heavy atom. The van der Waals surface area contributed by atoms with E-state index in [2.05, 4.69) is 44.1 Å². The summed E-state index contributed by atoms with van der Waals surface area (Å²) in [6, 6.07) is 0.637. The molecule has 20 nitrogen and oxygen atoms in total. The molecule has 0 saturated carbocycles. The highest BCUT2D eigenvalue weighted by Crippen LogP contribution is 2.19. The zero-order valence-corrected chi connectivity index (χ0v) is 57.3. The van der Waals surface area contributed by atoms with Crippen molar-refractivity contribution in [1.29, 1.82) is 0 Å². The number of ketones is 5. The first-order valence-electron chi connectivity index (χ1n) is 31.0. The van der Waals surface area contributed by atoms with Gasteiger partial charge in [-0.1, -0.05) is 132 Å². The summed E-state index contributed by atoms with van der Waals surface area (Å²) in [6.07, 6.45) is 6.70. The molecule has 0 unspecified atom stereocenters. The van der Waals surface area contributed by atoms with Crippen LogP contribution in [0.5, 0.6) is 0 Å². The normalized spacial score (nSPS) is 11.8. The molecule has 506 valence electrons. The van der Waals surface area contributed by atoms with Crippen molar-refractivity contribution in [1.82, 2.24) is 37.2 Å². The maximum atomic E-state index is 11.7. The zero-order valence-electron chi connectivity index (χ0n) is 57.3.